The van der Waals surface area contributed by atoms with E-state index in [4.69, 9.17) is 10.5 Å². The first-order valence-electron chi connectivity index (χ1n) is 6.45. The summed E-state index contributed by atoms with van der Waals surface area (Å²) in [6.07, 6.45) is 3.79. The number of thiazole rings is 1. The topological polar surface area (TPSA) is 68.5 Å². The average molecular weight is 301 g/mol. The Morgan fingerprint density at radius 3 is 3.26 bits per heavy atom. The number of likely N-dealkylation sites (tertiary alicyclic amines) is 1. The Hall–Kier alpha value is -0.790. The van der Waals surface area contributed by atoms with Crippen LogP contribution < -0.4 is 5.73 Å². The number of esters is 1. The third kappa shape index (κ3) is 4.09. The summed E-state index contributed by atoms with van der Waals surface area (Å²) in [5.74, 6) is 0.865. The summed E-state index contributed by atoms with van der Waals surface area (Å²) in [4.78, 5) is 18.0. The van der Waals surface area contributed by atoms with Crippen LogP contribution in [0.5, 0.6) is 0 Å². The molecule has 1 saturated heterocycles. The summed E-state index contributed by atoms with van der Waals surface area (Å²) in [6.45, 7) is 4.18. The SMILES string of the molecule is CCOC(=O)C1CCCN1CCSc1cnc(N)s1. The van der Waals surface area contributed by atoms with Crippen molar-refractivity contribution < 1.29 is 9.53 Å². The standard InChI is InChI=1S/C12H19N3O2S2/c1-2-17-11(16)9-4-3-5-15(9)6-7-18-10-8-14-12(13)19-10/h8-9H,2-7H2,1H3,(H2,13,14). The zero-order valence-corrected chi connectivity index (χ0v) is 12.6. The van der Waals surface area contributed by atoms with E-state index in [1.54, 1.807) is 18.0 Å². The molecule has 106 valence electrons. The van der Waals surface area contributed by atoms with Gasteiger partial charge in [-0.05, 0) is 26.3 Å². The number of thioether (sulfide) groups is 1. The van der Waals surface area contributed by atoms with Gasteiger partial charge in [0.2, 0.25) is 0 Å². The summed E-state index contributed by atoms with van der Waals surface area (Å²) in [7, 11) is 0. The Morgan fingerprint density at radius 2 is 2.58 bits per heavy atom. The van der Waals surface area contributed by atoms with Gasteiger partial charge in [-0.1, -0.05) is 11.3 Å². The Balaban J connectivity index is 1.76. The van der Waals surface area contributed by atoms with Crippen LogP contribution in [0.2, 0.25) is 0 Å². The number of rotatable bonds is 6. The molecule has 1 aliphatic heterocycles. The van der Waals surface area contributed by atoms with Crippen molar-refractivity contribution in [1.82, 2.24) is 9.88 Å². The molecule has 1 aromatic heterocycles. The molecular formula is C12H19N3O2S2. The lowest BCUT2D eigenvalue weighted by atomic mass is 10.2. The van der Waals surface area contributed by atoms with Gasteiger partial charge in [0.05, 0.1) is 17.0 Å². The molecule has 0 saturated carbocycles. The highest BCUT2D eigenvalue weighted by molar-refractivity contribution is 8.01. The number of nitrogens with two attached hydrogens (primary N) is 1. The lowest BCUT2D eigenvalue weighted by molar-refractivity contribution is -0.148. The molecule has 0 spiro atoms. The van der Waals surface area contributed by atoms with Crippen molar-refractivity contribution >= 4 is 34.2 Å². The lowest BCUT2D eigenvalue weighted by Gasteiger charge is -2.22. The number of carbonyl (C=O) groups is 1. The van der Waals surface area contributed by atoms with E-state index < -0.39 is 0 Å². The molecule has 1 fully saturated rings. The van der Waals surface area contributed by atoms with Gasteiger partial charge in [0.25, 0.3) is 0 Å². The molecule has 1 unspecified atom stereocenters. The summed E-state index contributed by atoms with van der Waals surface area (Å²) in [5.41, 5.74) is 5.59. The van der Waals surface area contributed by atoms with Gasteiger partial charge in [-0.3, -0.25) is 9.69 Å². The first-order valence-corrected chi connectivity index (χ1v) is 8.25. The predicted octanol–water partition coefficient (Wildman–Crippen LogP) is 1.84. The van der Waals surface area contributed by atoms with Crippen molar-refractivity contribution in [3.63, 3.8) is 0 Å². The van der Waals surface area contributed by atoms with Crippen molar-refractivity contribution in [3.05, 3.63) is 6.20 Å². The quantitative estimate of drug-likeness (QED) is 0.639. The average Bonchev–Trinajstić information content (AvgIpc) is 2.99. The second-order valence-electron chi connectivity index (χ2n) is 4.31. The van der Waals surface area contributed by atoms with E-state index in [1.807, 2.05) is 6.92 Å². The summed E-state index contributed by atoms with van der Waals surface area (Å²) >= 11 is 3.24. The maximum Gasteiger partial charge on any atom is 0.323 e. The van der Waals surface area contributed by atoms with Gasteiger partial charge in [-0.15, -0.1) is 11.8 Å². The van der Waals surface area contributed by atoms with Gasteiger partial charge in [0, 0.05) is 12.3 Å². The highest BCUT2D eigenvalue weighted by Crippen LogP contribution is 2.27. The number of nitrogens with zero attached hydrogens (tertiary/aromatic N) is 2. The van der Waals surface area contributed by atoms with E-state index in [1.165, 1.54) is 11.3 Å². The lowest BCUT2D eigenvalue weighted by Crippen LogP contribution is -2.38. The summed E-state index contributed by atoms with van der Waals surface area (Å²) < 4.78 is 6.24. The normalized spacial score (nSPS) is 19.7. The van der Waals surface area contributed by atoms with Crippen molar-refractivity contribution in [2.45, 2.75) is 30.0 Å². The van der Waals surface area contributed by atoms with E-state index in [9.17, 15) is 4.79 Å². The first-order chi connectivity index (χ1) is 9.20. The fraction of sp³-hybridized carbons (Fsp3) is 0.667. The minimum atomic E-state index is -0.0768. The van der Waals surface area contributed by atoms with Crippen LogP contribution in [0.1, 0.15) is 19.8 Å². The fourth-order valence-corrected chi connectivity index (χ4v) is 4.01. The number of ether oxygens (including phenoxy) is 1. The van der Waals surface area contributed by atoms with E-state index in [2.05, 4.69) is 9.88 Å². The molecule has 0 aromatic carbocycles. The Morgan fingerprint density at radius 1 is 1.74 bits per heavy atom. The molecule has 0 aliphatic carbocycles. The van der Waals surface area contributed by atoms with Crippen molar-refractivity contribution in [1.29, 1.82) is 0 Å². The Kier molecular flexibility index (Phi) is 5.47. The molecule has 0 radical (unpaired) electrons. The van der Waals surface area contributed by atoms with Gasteiger partial charge in [-0.2, -0.15) is 0 Å². The molecule has 1 atom stereocenters. The molecule has 1 aromatic rings. The van der Waals surface area contributed by atoms with Crippen LogP contribution in [0.15, 0.2) is 10.4 Å². The van der Waals surface area contributed by atoms with Crippen LogP contribution >= 0.6 is 23.1 Å². The number of hydrogen-bond donors (Lipinski definition) is 1. The van der Waals surface area contributed by atoms with Gasteiger partial charge in [0.1, 0.15) is 6.04 Å². The van der Waals surface area contributed by atoms with E-state index in [-0.39, 0.29) is 12.0 Å². The molecule has 1 aliphatic rings. The third-order valence-corrected chi connectivity index (χ3v) is 5.05. The molecule has 2 rings (SSSR count). The minimum absolute atomic E-state index is 0.0490. The zero-order valence-electron chi connectivity index (χ0n) is 11.0. The van der Waals surface area contributed by atoms with Crippen LogP contribution in [0.4, 0.5) is 5.13 Å². The number of nitrogen functional groups attached to an aromatic ring is 1. The van der Waals surface area contributed by atoms with Gasteiger partial charge in [-0.25, -0.2) is 4.98 Å². The van der Waals surface area contributed by atoms with E-state index in [0.717, 1.165) is 35.9 Å². The molecule has 2 heterocycles. The second kappa shape index (κ2) is 7.12. The molecule has 2 N–H and O–H groups in total. The third-order valence-electron chi connectivity index (χ3n) is 3.05. The Bertz CT molecular complexity index is 425. The zero-order chi connectivity index (χ0) is 13.7. The number of carbonyl (C=O) groups excluding carboxylic acids is 1. The minimum Gasteiger partial charge on any atom is -0.465 e. The van der Waals surface area contributed by atoms with Crippen LogP contribution in [-0.4, -0.2) is 47.3 Å². The molecule has 0 amide bonds. The smallest absolute Gasteiger partial charge is 0.323 e. The molecule has 5 nitrogen and oxygen atoms in total. The molecular weight excluding hydrogens is 282 g/mol. The number of hydrogen-bond acceptors (Lipinski definition) is 7. The number of anilines is 1. The van der Waals surface area contributed by atoms with Crippen LogP contribution in [0.3, 0.4) is 0 Å². The Labute approximate surface area is 121 Å². The predicted molar refractivity (Wildman–Crippen MR) is 78.5 cm³/mol. The fourth-order valence-electron chi connectivity index (χ4n) is 2.20. The van der Waals surface area contributed by atoms with Crippen molar-refractivity contribution in [2.75, 3.05) is 31.2 Å². The van der Waals surface area contributed by atoms with Crippen LogP contribution in [0.25, 0.3) is 0 Å². The number of aromatic nitrogens is 1. The van der Waals surface area contributed by atoms with Gasteiger partial charge < -0.3 is 10.5 Å². The largest absolute Gasteiger partial charge is 0.465 e. The van der Waals surface area contributed by atoms with Crippen LogP contribution in [-0.2, 0) is 9.53 Å². The monoisotopic (exact) mass is 301 g/mol. The van der Waals surface area contributed by atoms with Crippen LogP contribution in [0, 0.1) is 0 Å². The summed E-state index contributed by atoms with van der Waals surface area (Å²) in [6, 6.07) is -0.0490. The summed E-state index contributed by atoms with van der Waals surface area (Å²) in [5, 5.41) is 0.605. The van der Waals surface area contributed by atoms with E-state index >= 15 is 0 Å². The van der Waals surface area contributed by atoms with Crippen molar-refractivity contribution in [2.24, 2.45) is 0 Å². The maximum atomic E-state index is 11.8. The van der Waals surface area contributed by atoms with Gasteiger partial charge in [0.15, 0.2) is 5.13 Å². The highest BCUT2D eigenvalue weighted by atomic mass is 32.2. The maximum absolute atomic E-state index is 11.8. The van der Waals surface area contributed by atoms with Gasteiger partial charge >= 0.3 is 5.97 Å². The second-order valence-corrected chi connectivity index (χ2v) is 6.77. The molecule has 0 bridgehead atoms. The molecule has 19 heavy (non-hydrogen) atoms. The van der Waals surface area contributed by atoms with E-state index in [0.29, 0.717) is 11.7 Å². The highest BCUT2D eigenvalue weighted by Gasteiger charge is 2.31. The first kappa shape index (κ1) is 14.6. The van der Waals surface area contributed by atoms with Crippen molar-refractivity contribution in [3.8, 4) is 0 Å². The molecule has 7 heteroatoms.